The number of para-hydroxylation sites is 1. The number of benzene rings is 1. The van der Waals surface area contributed by atoms with Gasteiger partial charge in [-0.2, -0.15) is 0 Å². The normalized spacial score (nSPS) is 13.8. The van der Waals surface area contributed by atoms with E-state index in [1.54, 1.807) is 0 Å². The SMILES string of the molecule is Cn1cc(CNC(CCO)C(C)(C)C)c2ccccc21. The lowest BCUT2D eigenvalue weighted by atomic mass is 9.85. The number of rotatable bonds is 5. The van der Waals surface area contributed by atoms with Gasteiger partial charge < -0.3 is 15.0 Å². The van der Waals surface area contributed by atoms with Crippen molar-refractivity contribution in [3.05, 3.63) is 36.0 Å². The molecule has 0 amide bonds. The van der Waals surface area contributed by atoms with Gasteiger partial charge in [0.1, 0.15) is 0 Å². The number of aliphatic hydroxyl groups excluding tert-OH is 1. The Bertz CT molecular complexity index is 566. The van der Waals surface area contributed by atoms with E-state index in [2.05, 4.69) is 68.2 Å². The quantitative estimate of drug-likeness (QED) is 0.879. The van der Waals surface area contributed by atoms with Crippen LogP contribution in [0.5, 0.6) is 0 Å². The third-order valence-electron chi connectivity index (χ3n) is 3.98. The van der Waals surface area contributed by atoms with Crippen molar-refractivity contribution in [3.63, 3.8) is 0 Å². The summed E-state index contributed by atoms with van der Waals surface area (Å²) >= 11 is 0. The first-order chi connectivity index (χ1) is 9.43. The molecule has 1 aromatic heterocycles. The monoisotopic (exact) mass is 274 g/mol. The molecule has 0 aliphatic rings. The van der Waals surface area contributed by atoms with E-state index in [4.69, 9.17) is 0 Å². The average molecular weight is 274 g/mol. The number of hydrogen-bond acceptors (Lipinski definition) is 2. The van der Waals surface area contributed by atoms with Crippen molar-refractivity contribution in [1.29, 1.82) is 0 Å². The third kappa shape index (κ3) is 3.22. The minimum absolute atomic E-state index is 0.146. The Morgan fingerprint density at radius 2 is 1.95 bits per heavy atom. The Balaban J connectivity index is 2.16. The molecular formula is C17H26N2O. The summed E-state index contributed by atoms with van der Waals surface area (Å²) in [7, 11) is 2.08. The summed E-state index contributed by atoms with van der Waals surface area (Å²) in [4.78, 5) is 0. The van der Waals surface area contributed by atoms with Gasteiger partial charge in [0.25, 0.3) is 0 Å². The zero-order valence-corrected chi connectivity index (χ0v) is 13.0. The van der Waals surface area contributed by atoms with Crippen LogP contribution in [-0.2, 0) is 13.6 Å². The second-order valence-corrected chi connectivity index (χ2v) is 6.59. The van der Waals surface area contributed by atoms with Gasteiger partial charge in [0.05, 0.1) is 0 Å². The molecule has 0 radical (unpaired) electrons. The van der Waals surface area contributed by atoms with Gasteiger partial charge >= 0.3 is 0 Å². The van der Waals surface area contributed by atoms with Crippen LogP contribution in [0.1, 0.15) is 32.8 Å². The van der Waals surface area contributed by atoms with E-state index in [1.807, 2.05) is 0 Å². The molecule has 1 heterocycles. The molecule has 2 rings (SSSR count). The predicted molar refractivity (Wildman–Crippen MR) is 84.7 cm³/mol. The molecule has 0 fully saturated rings. The van der Waals surface area contributed by atoms with E-state index in [0.717, 1.165) is 13.0 Å². The Morgan fingerprint density at radius 1 is 1.25 bits per heavy atom. The molecule has 3 heteroatoms. The van der Waals surface area contributed by atoms with Crippen molar-refractivity contribution in [2.75, 3.05) is 6.61 Å². The van der Waals surface area contributed by atoms with Crippen LogP contribution in [0.2, 0.25) is 0 Å². The zero-order chi connectivity index (χ0) is 14.8. The minimum Gasteiger partial charge on any atom is -0.396 e. The fourth-order valence-electron chi connectivity index (χ4n) is 2.77. The maximum absolute atomic E-state index is 9.23. The van der Waals surface area contributed by atoms with E-state index >= 15 is 0 Å². The summed E-state index contributed by atoms with van der Waals surface area (Å²) in [6, 6.07) is 8.79. The van der Waals surface area contributed by atoms with Crippen LogP contribution in [0.3, 0.4) is 0 Å². The van der Waals surface area contributed by atoms with Crippen molar-refractivity contribution < 1.29 is 5.11 Å². The molecule has 110 valence electrons. The second kappa shape index (κ2) is 5.98. The molecule has 1 atom stereocenters. The van der Waals surface area contributed by atoms with Crippen molar-refractivity contribution >= 4 is 10.9 Å². The summed E-state index contributed by atoms with van der Waals surface area (Å²) in [5.74, 6) is 0. The summed E-state index contributed by atoms with van der Waals surface area (Å²) in [6.07, 6.45) is 2.98. The number of aryl methyl sites for hydroxylation is 1. The van der Waals surface area contributed by atoms with Gasteiger partial charge in [-0.25, -0.2) is 0 Å². The highest BCUT2D eigenvalue weighted by Crippen LogP contribution is 2.24. The lowest BCUT2D eigenvalue weighted by Gasteiger charge is -2.31. The maximum atomic E-state index is 9.23. The summed E-state index contributed by atoms with van der Waals surface area (Å²) in [5, 5.41) is 14.1. The van der Waals surface area contributed by atoms with Gasteiger partial charge in [-0.05, 0) is 23.5 Å². The predicted octanol–water partition coefficient (Wildman–Crippen LogP) is 3.07. The second-order valence-electron chi connectivity index (χ2n) is 6.59. The third-order valence-corrected chi connectivity index (χ3v) is 3.98. The standard InChI is InChI=1S/C17H26N2O/c1-17(2,3)16(9-10-20)18-11-13-12-19(4)15-8-6-5-7-14(13)15/h5-8,12,16,18,20H,9-11H2,1-4H3. The number of hydrogen-bond donors (Lipinski definition) is 2. The van der Waals surface area contributed by atoms with Crippen LogP contribution in [0.15, 0.2) is 30.5 Å². The molecule has 2 N–H and O–H groups in total. The molecular weight excluding hydrogens is 248 g/mol. The molecule has 0 saturated heterocycles. The highest BCUT2D eigenvalue weighted by atomic mass is 16.3. The van der Waals surface area contributed by atoms with Gasteiger partial charge in [-0.15, -0.1) is 0 Å². The maximum Gasteiger partial charge on any atom is 0.0481 e. The van der Waals surface area contributed by atoms with E-state index in [-0.39, 0.29) is 12.0 Å². The van der Waals surface area contributed by atoms with Crippen LogP contribution >= 0.6 is 0 Å². The van der Waals surface area contributed by atoms with Crippen LogP contribution in [0.4, 0.5) is 0 Å². The first-order valence-electron chi connectivity index (χ1n) is 7.30. The molecule has 0 spiro atoms. The Morgan fingerprint density at radius 3 is 2.60 bits per heavy atom. The average Bonchev–Trinajstić information content (AvgIpc) is 2.71. The van der Waals surface area contributed by atoms with Crippen molar-refractivity contribution in [2.24, 2.45) is 12.5 Å². The lowest BCUT2D eigenvalue weighted by Crippen LogP contribution is -2.40. The fraction of sp³-hybridized carbons (Fsp3) is 0.529. The van der Waals surface area contributed by atoms with Crippen LogP contribution < -0.4 is 5.32 Å². The van der Waals surface area contributed by atoms with Crippen molar-refractivity contribution in [2.45, 2.75) is 39.8 Å². The zero-order valence-electron chi connectivity index (χ0n) is 13.0. The topological polar surface area (TPSA) is 37.2 Å². The Labute approximate surface area is 121 Å². The van der Waals surface area contributed by atoms with Gasteiger partial charge in [-0.1, -0.05) is 39.0 Å². The number of aromatic nitrogens is 1. The van der Waals surface area contributed by atoms with Crippen molar-refractivity contribution in [3.8, 4) is 0 Å². The largest absolute Gasteiger partial charge is 0.396 e. The molecule has 3 nitrogen and oxygen atoms in total. The summed E-state index contributed by atoms with van der Waals surface area (Å²) in [6.45, 7) is 7.70. The van der Waals surface area contributed by atoms with Crippen molar-refractivity contribution in [1.82, 2.24) is 9.88 Å². The van der Waals surface area contributed by atoms with Crippen LogP contribution in [0, 0.1) is 5.41 Å². The van der Waals surface area contributed by atoms with E-state index in [0.29, 0.717) is 6.04 Å². The lowest BCUT2D eigenvalue weighted by molar-refractivity contribution is 0.196. The number of nitrogens with one attached hydrogen (secondary N) is 1. The first-order valence-corrected chi connectivity index (χ1v) is 7.30. The Hall–Kier alpha value is -1.32. The van der Waals surface area contributed by atoms with E-state index in [9.17, 15) is 5.11 Å². The first kappa shape index (κ1) is 15.1. The Kier molecular flexibility index (Phi) is 4.51. The number of aliphatic hydroxyl groups is 1. The summed E-state index contributed by atoms with van der Waals surface area (Å²) in [5.41, 5.74) is 2.72. The van der Waals surface area contributed by atoms with Gasteiger partial charge in [-0.3, -0.25) is 0 Å². The number of nitrogens with zero attached hydrogens (tertiary/aromatic N) is 1. The van der Waals surface area contributed by atoms with Crippen LogP contribution in [-0.4, -0.2) is 22.3 Å². The molecule has 1 unspecified atom stereocenters. The van der Waals surface area contributed by atoms with Crippen LogP contribution in [0.25, 0.3) is 10.9 Å². The molecule has 0 bridgehead atoms. The fourth-order valence-corrected chi connectivity index (χ4v) is 2.77. The molecule has 20 heavy (non-hydrogen) atoms. The van der Waals surface area contributed by atoms with Gasteiger partial charge in [0, 0.05) is 43.3 Å². The molecule has 0 aliphatic heterocycles. The highest BCUT2D eigenvalue weighted by Gasteiger charge is 2.23. The smallest absolute Gasteiger partial charge is 0.0481 e. The molecule has 0 saturated carbocycles. The molecule has 1 aromatic carbocycles. The van der Waals surface area contributed by atoms with Gasteiger partial charge in [0.2, 0.25) is 0 Å². The minimum atomic E-state index is 0.146. The molecule has 2 aromatic rings. The summed E-state index contributed by atoms with van der Waals surface area (Å²) < 4.78 is 2.17. The van der Waals surface area contributed by atoms with E-state index in [1.165, 1.54) is 16.5 Å². The van der Waals surface area contributed by atoms with Gasteiger partial charge in [0.15, 0.2) is 0 Å². The van der Waals surface area contributed by atoms with E-state index < -0.39 is 0 Å². The number of fused-ring (bicyclic) bond motifs is 1. The highest BCUT2D eigenvalue weighted by molar-refractivity contribution is 5.83. The molecule has 0 aliphatic carbocycles.